The molecule has 1 aliphatic carbocycles. The maximum absolute atomic E-state index is 11.7. The van der Waals surface area contributed by atoms with Gasteiger partial charge >= 0.3 is 0 Å². The van der Waals surface area contributed by atoms with E-state index in [1.54, 1.807) is 4.58 Å². The Hall–Kier alpha value is -3.95. The third kappa shape index (κ3) is 4.16. The molecule has 0 bridgehead atoms. The third-order valence-electron chi connectivity index (χ3n) is 7.45. The van der Waals surface area contributed by atoms with Gasteiger partial charge in [-0.25, -0.2) is 14.5 Å². The van der Waals surface area contributed by atoms with Crippen molar-refractivity contribution in [2.75, 3.05) is 31.1 Å². The van der Waals surface area contributed by atoms with Crippen molar-refractivity contribution in [3.63, 3.8) is 0 Å². The maximum atomic E-state index is 11.7. The fraction of sp³-hybridized carbons (Fsp3) is 0.423. The molecule has 3 aliphatic rings. The quantitative estimate of drug-likeness (QED) is 0.266. The molecule has 3 aromatic rings. The fourth-order valence-electron chi connectivity index (χ4n) is 5.06. The second-order valence-electron chi connectivity index (χ2n) is 9.94. The summed E-state index contributed by atoms with van der Waals surface area (Å²) in [7, 11) is 0. The highest BCUT2D eigenvalue weighted by atomic mass is 16.5. The number of carbonyl (C=O) groups is 1. The molecule has 1 saturated carbocycles. The number of amides is 1. The summed E-state index contributed by atoms with van der Waals surface area (Å²) in [6.07, 6.45) is 5.78. The lowest BCUT2D eigenvalue weighted by atomic mass is 10.0. The summed E-state index contributed by atoms with van der Waals surface area (Å²) in [5.41, 5.74) is 10.8. The molecule has 4 N–H and O–H groups in total. The number of anilines is 1. The van der Waals surface area contributed by atoms with Crippen molar-refractivity contribution in [3.8, 4) is 17.1 Å². The molecular weight excluding hydrogens is 456 g/mol. The number of fused-ring (bicyclic) bond motifs is 1. The van der Waals surface area contributed by atoms with Crippen LogP contribution in [0.5, 0.6) is 5.88 Å². The van der Waals surface area contributed by atoms with Gasteiger partial charge in [-0.05, 0) is 38.0 Å². The Labute approximate surface area is 209 Å². The van der Waals surface area contributed by atoms with Crippen LogP contribution in [0.4, 0.5) is 5.69 Å². The van der Waals surface area contributed by atoms with E-state index < -0.39 is 0 Å². The van der Waals surface area contributed by atoms with Crippen LogP contribution in [0.15, 0.2) is 36.7 Å². The molecule has 36 heavy (non-hydrogen) atoms. The highest BCUT2D eigenvalue weighted by molar-refractivity contribution is 5.86. The standard InChI is InChI=1S/C26H30N8O2/c1-16(18-10-24(35)29-12-18)36-26-25-22(30-15-34(25)20-6-7-20)11-21(31-26)17-2-4-19(5-3-17)32-8-9-33(14-27)23(28)13-32/h2-5,11,14-16,18,20,27-28H,6-10,12-13H2,1H3,(H,29,35)/p+1/t16-,18-/m1/s1. The normalized spacial score (nSPS) is 21.1. The van der Waals surface area contributed by atoms with Gasteiger partial charge in [-0.3, -0.25) is 4.79 Å². The topological polar surface area (TPSA) is 125 Å². The Balaban J connectivity index is 1.31. The zero-order chi connectivity index (χ0) is 24.8. The molecule has 2 aliphatic heterocycles. The fourth-order valence-corrected chi connectivity index (χ4v) is 5.06. The molecule has 1 saturated heterocycles. The first-order valence-electron chi connectivity index (χ1n) is 12.5. The first-order valence-corrected chi connectivity index (χ1v) is 12.5. The van der Waals surface area contributed by atoms with Crippen molar-refractivity contribution in [1.29, 1.82) is 5.41 Å². The van der Waals surface area contributed by atoms with Crippen LogP contribution in [0.3, 0.4) is 0 Å². The molecule has 1 amide bonds. The van der Waals surface area contributed by atoms with E-state index in [4.69, 9.17) is 20.9 Å². The Morgan fingerprint density at radius 3 is 2.78 bits per heavy atom. The monoisotopic (exact) mass is 487 g/mol. The predicted octanol–water partition coefficient (Wildman–Crippen LogP) is 2.13. The Kier molecular flexibility index (Phi) is 5.58. The van der Waals surface area contributed by atoms with Gasteiger partial charge in [-0.2, -0.15) is 5.41 Å². The van der Waals surface area contributed by atoms with Crippen LogP contribution in [-0.4, -0.2) is 69.5 Å². The Bertz CT molecular complexity index is 1360. The summed E-state index contributed by atoms with van der Waals surface area (Å²) >= 11 is 0. The van der Waals surface area contributed by atoms with E-state index in [9.17, 15) is 4.79 Å². The molecule has 4 heterocycles. The number of hydrogen-bond donors (Lipinski definition) is 3. The number of benzene rings is 1. The molecule has 0 radical (unpaired) electrons. The number of nitrogens with two attached hydrogens (primary N) is 1. The summed E-state index contributed by atoms with van der Waals surface area (Å²) in [5.74, 6) is 1.44. The number of rotatable bonds is 7. The first-order chi connectivity index (χ1) is 17.5. The van der Waals surface area contributed by atoms with Crippen LogP contribution in [0.25, 0.3) is 22.3 Å². The van der Waals surface area contributed by atoms with Gasteiger partial charge in [-0.1, -0.05) is 12.1 Å². The van der Waals surface area contributed by atoms with Gasteiger partial charge in [0.15, 0.2) is 0 Å². The zero-order valence-corrected chi connectivity index (χ0v) is 20.4. The Morgan fingerprint density at radius 2 is 2.11 bits per heavy atom. The van der Waals surface area contributed by atoms with E-state index in [2.05, 4.69) is 44.0 Å². The van der Waals surface area contributed by atoms with E-state index in [0.29, 0.717) is 43.8 Å². The lowest BCUT2D eigenvalue weighted by Gasteiger charge is -2.28. The lowest BCUT2D eigenvalue weighted by Crippen LogP contribution is -2.48. The summed E-state index contributed by atoms with van der Waals surface area (Å²) in [6.45, 7) is 4.72. The van der Waals surface area contributed by atoms with E-state index in [-0.39, 0.29) is 17.9 Å². The van der Waals surface area contributed by atoms with Crippen molar-refractivity contribution in [3.05, 3.63) is 36.7 Å². The van der Waals surface area contributed by atoms with Crippen molar-refractivity contribution < 1.29 is 14.1 Å². The number of nitrogens with one attached hydrogen (secondary N) is 2. The van der Waals surface area contributed by atoms with Crippen molar-refractivity contribution in [2.45, 2.75) is 38.3 Å². The van der Waals surface area contributed by atoms with Crippen LogP contribution in [0.2, 0.25) is 0 Å². The average molecular weight is 488 g/mol. The van der Waals surface area contributed by atoms with E-state index in [1.807, 2.05) is 19.3 Å². The first kappa shape index (κ1) is 22.5. The molecular formula is C26H31N8O2+. The number of ether oxygens (including phenoxy) is 1. The number of pyridine rings is 1. The molecule has 6 rings (SSSR count). The van der Waals surface area contributed by atoms with Gasteiger partial charge in [0, 0.05) is 42.7 Å². The highest BCUT2D eigenvalue weighted by Crippen LogP contribution is 2.40. The summed E-state index contributed by atoms with van der Waals surface area (Å²) in [5, 5.41) is 10.4. The number of hydrogen-bond acceptors (Lipinski definition) is 7. The predicted molar refractivity (Wildman–Crippen MR) is 138 cm³/mol. The number of nitrogens with zero attached hydrogens (tertiary/aromatic N) is 5. The molecule has 1 aromatic carbocycles. The highest BCUT2D eigenvalue weighted by Gasteiger charge is 2.31. The molecule has 0 spiro atoms. The van der Waals surface area contributed by atoms with Gasteiger partial charge in [0.2, 0.25) is 24.0 Å². The van der Waals surface area contributed by atoms with Crippen molar-refractivity contribution in [2.24, 2.45) is 11.7 Å². The molecule has 10 nitrogen and oxygen atoms in total. The number of aromatic nitrogens is 3. The minimum atomic E-state index is -0.152. The van der Waals surface area contributed by atoms with Crippen LogP contribution in [0, 0.1) is 11.3 Å². The lowest BCUT2D eigenvalue weighted by molar-refractivity contribution is -0.402. The maximum Gasteiger partial charge on any atom is 0.241 e. The smallest absolute Gasteiger partial charge is 0.241 e. The minimum Gasteiger partial charge on any atom is -0.473 e. The van der Waals surface area contributed by atoms with Crippen molar-refractivity contribution >= 4 is 34.8 Å². The molecule has 2 atom stereocenters. The van der Waals surface area contributed by atoms with Gasteiger partial charge in [0.05, 0.1) is 24.1 Å². The van der Waals surface area contributed by atoms with E-state index >= 15 is 0 Å². The molecule has 10 heteroatoms. The second-order valence-corrected chi connectivity index (χ2v) is 9.94. The van der Waals surface area contributed by atoms with Gasteiger partial charge in [-0.15, -0.1) is 0 Å². The van der Waals surface area contributed by atoms with Crippen LogP contribution in [-0.2, 0) is 4.79 Å². The minimum absolute atomic E-state index is 0.0732. The molecule has 186 valence electrons. The molecule has 2 aromatic heterocycles. The van der Waals surface area contributed by atoms with Crippen LogP contribution >= 0.6 is 0 Å². The third-order valence-corrected chi connectivity index (χ3v) is 7.45. The largest absolute Gasteiger partial charge is 0.473 e. The van der Waals surface area contributed by atoms with Gasteiger partial charge < -0.3 is 25.3 Å². The van der Waals surface area contributed by atoms with E-state index in [0.717, 1.165) is 47.4 Å². The molecule has 0 unspecified atom stereocenters. The zero-order valence-electron chi connectivity index (χ0n) is 20.4. The van der Waals surface area contributed by atoms with Crippen LogP contribution in [0.1, 0.15) is 32.2 Å². The average Bonchev–Trinajstić information content (AvgIpc) is 3.49. The number of imidazole rings is 1. The SMILES string of the molecule is C[C@@H](Oc1nc(-c2ccc(N3CC[N+](C=N)=C(N)C3)cc2)cc2ncn(C3CC3)c12)[C@H]1CNC(=O)C1. The summed E-state index contributed by atoms with van der Waals surface area (Å²) in [6, 6.07) is 10.8. The Morgan fingerprint density at radius 1 is 1.31 bits per heavy atom. The second kappa shape index (κ2) is 8.92. The van der Waals surface area contributed by atoms with E-state index in [1.165, 1.54) is 6.34 Å². The summed E-state index contributed by atoms with van der Waals surface area (Å²) in [4.78, 5) is 23.6. The summed E-state index contributed by atoms with van der Waals surface area (Å²) < 4.78 is 10.4. The van der Waals surface area contributed by atoms with Crippen LogP contribution < -0.4 is 20.7 Å². The van der Waals surface area contributed by atoms with Gasteiger partial charge in [0.25, 0.3) is 0 Å². The number of carbonyl (C=O) groups excluding carboxylic acids is 1. The molecule has 2 fully saturated rings. The van der Waals surface area contributed by atoms with Gasteiger partial charge in [0.1, 0.15) is 18.2 Å². The van der Waals surface area contributed by atoms with Crippen molar-refractivity contribution in [1.82, 2.24) is 19.9 Å². The number of amidine groups is 1.